The highest BCUT2D eigenvalue weighted by molar-refractivity contribution is 6.36. The van der Waals surface area contributed by atoms with Gasteiger partial charge in [0.2, 0.25) is 5.91 Å². The largest absolute Gasteiger partial charge is 0.497 e. The van der Waals surface area contributed by atoms with Crippen LogP contribution < -0.4 is 4.74 Å². The Hall–Kier alpha value is -1.71. The van der Waals surface area contributed by atoms with Gasteiger partial charge < -0.3 is 9.64 Å². The van der Waals surface area contributed by atoms with Crippen molar-refractivity contribution >= 4 is 29.1 Å². The van der Waals surface area contributed by atoms with E-state index in [1.165, 1.54) is 0 Å². The van der Waals surface area contributed by atoms with Gasteiger partial charge >= 0.3 is 0 Å². The third kappa shape index (κ3) is 3.52. The number of halogens is 2. The minimum Gasteiger partial charge on any atom is -0.497 e. The van der Waals surface area contributed by atoms with Crippen LogP contribution in [-0.4, -0.2) is 24.5 Å². The van der Waals surface area contributed by atoms with E-state index in [2.05, 4.69) is 0 Å². The van der Waals surface area contributed by atoms with E-state index in [0.717, 1.165) is 30.7 Å². The zero-order valence-electron chi connectivity index (χ0n) is 13.5. The molecule has 1 heterocycles. The molecule has 1 amide bonds. The minimum absolute atomic E-state index is 0.0586. The Bertz CT molecular complexity index is 710. The summed E-state index contributed by atoms with van der Waals surface area (Å²) in [4.78, 5) is 14.7. The molecule has 3 rings (SSSR count). The maximum atomic E-state index is 12.8. The van der Waals surface area contributed by atoms with Crippen molar-refractivity contribution < 1.29 is 9.53 Å². The molecule has 1 aliphatic rings. The van der Waals surface area contributed by atoms with Crippen LogP contribution in [0.2, 0.25) is 10.0 Å². The first-order chi connectivity index (χ1) is 11.6. The van der Waals surface area contributed by atoms with Crippen molar-refractivity contribution in [2.75, 3.05) is 13.7 Å². The molecule has 1 fully saturated rings. The fourth-order valence-corrected chi connectivity index (χ4v) is 3.72. The van der Waals surface area contributed by atoms with Crippen LogP contribution in [0.25, 0.3) is 0 Å². The molecule has 1 unspecified atom stereocenters. The van der Waals surface area contributed by atoms with Gasteiger partial charge in [-0.1, -0.05) is 41.4 Å². The Morgan fingerprint density at radius 1 is 1.17 bits per heavy atom. The van der Waals surface area contributed by atoms with Gasteiger partial charge in [-0.2, -0.15) is 0 Å². The zero-order valence-corrected chi connectivity index (χ0v) is 15.0. The van der Waals surface area contributed by atoms with Crippen molar-refractivity contribution in [3.05, 3.63) is 63.6 Å². The number of likely N-dealkylation sites (tertiary alicyclic amines) is 1. The lowest BCUT2D eigenvalue weighted by Crippen LogP contribution is -2.32. The van der Waals surface area contributed by atoms with Crippen molar-refractivity contribution in [3.63, 3.8) is 0 Å². The lowest BCUT2D eigenvalue weighted by atomic mass is 10.0. The molecule has 0 spiro atoms. The molecule has 0 N–H and O–H groups in total. The minimum atomic E-state index is 0.0586. The molecule has 2 aromatic carbocycles. The van der Waals surface area contributed by atoms with Crippen LogP contribution >= 0.6 is 23.2 Å². The van der Waals surface area contributed by atoms with Crippen molar-refractivity contribution in [1.82, 2.24) is 4.90 Å². The number of methoxy groups -OCH3 is 1. The van der Waals surface area contributed by atoms with Gasteiger partial charge in [-0.25, -0.2) is 0 Å². The van der Waals surface area contributed by atoms with Gasteiger partial charge in [-0.05, 0) is 48.2 Å². The van der Waals surface area contributed by atoms with Gasteiger partial charge in [0.1, 0.15) is 5.75 Å². The van der Waals surface area contributed by atoms with Gasteiger partial charge in [0.05, 0.1) is 19.6 Å². The summed E-state index contributed by atoms with van der Waals surface area (Å²) in [5.41, 5.74) is 1.83. The van der Waals surface area contributed by atoms with E-state index >= 15 is 0 Å². The molecular weight excluding hydrogens is 345 g/mol. The fraction of sp³-hybridized carbons (Fsp3) is 0.316. The molecule has 2 aromatic rings. The van der Waals surface area contributed by atoms with Crippen molar-refractivity contribution in [2.24, 2.45) is 0 Å². The van der Waals surface area contributed by atoms with Crippen molar-refractivity contribution in [3.8, 4) is 5.75 Å². The second kappa shape index (κ2) is 7.45. The van der Waals surface area contributed by atoms with Crippen LogP contribution in [0.3, 0.4) is 0 Å². The average Bonchev–Trinajstić information content (AvgIpc) is 3.08. The Morgan fingerprint density at radius 2 is 1.83 bits per heavy atom. The average molecular weight is 364 g/mol. The van der Waals surface area contributed by atoms with Gasteiger partial charge in [0.15, 0.2) is 0 Å². The Morgan fingerprint density at radius 3 is 2.46 bits per heavy atom. The van der Waals surface area contributed by atoms with E-state index < -0.39 is 0 Å². The molecule has 1 aliphatic heterocycles. The quantitative estimate of drug-likeness (QED) is 0.772. The Balaban J connectivity index is 1.78. The molecular formula is C19H19Cl2NO2. The second-order valence-corrected chi connectivity index (χ2v) is 6.71. The summed E-state index contributed by atoms with van der Waals surface area (Å²) in [6, 6.07) is 13.3. The molecule has 24 heavy (non-hydrogen) atoms. The van der Waals surface area contributed by atoms with Crippen LogP contribution in [0.1, 0.15) is 30.0 Å². The van der Waals surface area contributed by atoms with Crippen LogP contribution in [-0.2, 0) is 11.2 Å². The number of carbonyl (C=O) groups excluding carboxylic acids is 1. The molecule has 0 saturated carbocycles. The van der Waals surface area contributed by atoms with Crippen molar-refractivity contribution in [1.29, 1.82) is 0 Å². The molecule has 0 bridgehead atoms. The summed E-state index contributed by atoms with van der Waals surface area (Å²) in [5, 5.41) is 1.08. The third-order valence-corrected chi connectivity index (χ3v) is 5.17. The molecule has 126 valence electrons. The Labute approximate surface area is 152 Å². The molecule has 0 aromatic heterocycles. The number of amides is 1. The number of ether oxygens (including phenoxy) is 1. The SMILES string of the molecule is COc1ccc(C2CCCN2C(=O)Cc2c(Cl)cccc2Cl)cc1. The van der Waals surface area contributed by atoms with Crippen LogP contribution in [0.15, 0.2) is 42.5 Å². The van der Waals surface area contributed by atoms with Crippen LogP contribution in [0, 0.1) is 0 Å². The van der Waals surface area contributed by atoms with Crippen molar-refractivity contribution in [2.45, 2.75) is 25.3 Å². The molecule has 0 radical (unpaired) electrons. The van der Waals surface area contributed by atoms with E-state index in [4.69, 9.17) is 27.9 Å². The molecule has 1 atom stereocenters. The number of hydrogen-bond acceptors (Lipinski definition) is 2. The Kier molecular flexibility index (Phi) is 5.32. The number of benzene rings is 2. The zero-order chi connectivity index (χ0) is 17.1. The van der Waals surface area contributed by atoms with Crippen LogP contribution in [0.5, 0.6) is 5.75 Å². The fourth-order valence-electron chi connectivity index (χ4n) is 3.19. The van der Waals surface area contributed by atoms with E-state index in [9.17, 15) is 4.79 Å². The summed E-state index contributed by atoms with van der Waals surface area (Å²) >= 11 is 12.4. The summed E-state index contributed by atoms with van der Waals surface area (Å²) in [5.74, 6) is 0.876. The lowest BCUT2D eigenvalue weighted by Gasteiger charge is -2.25. The maximum absolute atomic E-state index is 12.8. The highest BCUT2D eigenvalue weighted by atomic mass is 35.5. The summed E-state index contributed by atoms with van der Waals surface area (Å²) in [6.45, 7) is 0.762. The van der Waals surface area contributed by atoms with Gasteiger partial charge in [-0.3, -0.25) is 4.79 Å². The number of hydrogen-bond donors (Lipinski definition) is 0. The first kappa shape index (κ1) is 17.1. The van der Waals surface area contributed by atoms with Gasteiger partial charge in [-0.15, -0.1) is 0 Å². The normalized spacial score (nSPS) is 17.1. The standard InChI is InChI=1S/C19H19Cl2NO2/c1-24-14-9-7-13(8-10-14)18-6-3-11-22(18)19(23)12-15-16(20)4-2-5-17(15)21/h2,4-5,7-10,18H,3,6,11-12H2,1H3. The lowest BCUT2D eigenvalue weighted by molar-refractivity contribution is -0.131. The smallest absolute Gasteiger partial charge is 0.227 e. The predicted octanol–water partition coefficient (Wildman–Crippen LogP) is 4.91. The first-order valence-corrected chi connectivity index (χ1v) is 8.72. The highest BCUT2D eigenvalue weighted by Gasteiger charge is 2.30. The number of carbonyl (C=O) groups is 1. The third-order valence-electron chi connectivity index (χ3n) is 4.46. The molecule has 3 nitrogen and oxygen atoms in total. The summed E-state index contributed by atoms with van der Waals surface area (Å²) in [7, 11) is 1.65. The van der Waals surface area contributed by atoms with E-state index in [1.807, 2.05) is 29.2 Å². The monoisotopic (exact) mass is 363 g/mol. The number of nitrogens with zero attached hydrogens (tertiary/aromatic N) is 1. The van der Waals surface area contributed by atoms with Gasteiger partial charge in [0, 0.05) is 16.6 Å². The number of rotatable bonds is 4. The van der Waals surface area contributed by atoms with Gasteiger partial charge in [0.25, 0.3) is 0 Å². The first-order valence-electron chi connectivity index (χ1n) is 7.96. The highest BCUT2D eigenvalue weighted by Crippen LogP contribution is 2.34. The van der Waals surface area contributed by atoms with E-state index in [-0.39, 0.29) is 18.4 Å². The molecule has 0 aliphatic carbocycles. The van der Waals surface area contributed by atoms with E-state index in [1.54, 1.807) is 25.3 Å². The topological polar surface area (TPSA) is 29.5 Å². The van der Waals surface area contributed by atoms with Crippen LogP contribution in [0.4, 0.5) is 0 Å². The second-order valence-electron chi connectivity index (χ2n) is 5.90. The summed E-state index contributed by atoms with van der Waals surface area (Å²) in [6.07, 6.45) is 2.19. The maximum Gasteiger partial charge on any atom is 0.227 e. The molecule has 5 heteroatoms. The summed E-state index contributed by atoms with van der Waals surface area (Å²) < 4.78 is 5.20. The predicted molar refractivity (Wildman–Crippen MR) is 96.8 cm³/mol. The molecule has 1 saturated heterocycles. The van der Waals surface area contributed by atoms with E-state index in [0.29, 0.717) is 15.6 Å².